The molecule has 6 nitrogen and oxygen atoms in total. The maximum Gasteiger partial charge on any atom is 0.337 e. The van der Waals surface area contributed by atoms with Crippen LogP contribution in [0.15, 0.2) is 47.4 Å². The molecule has 0 aromatic heterocycles. The number of carbonyl (C=O) groups is 1. The summed E-state index contributed by atoms with van der Waals surface area (Å²) in [7, 11) is -2.59. The van der Waals surface area contributed by atoms with Crippen molar-refractivity contribution in [1.29, 1.82) is 0 Å². The van der Waals surface area contributed by atoms with Gasteiger partial charge in [0, 0.05) is 6.54 Å². The first-order chi connectivity index (χ1) is 11.8. The van der Waals surface area contributed by atoms with Crippen molar-refractivity contribution in [3.8, 4) is 5.75 Å². The van der Waals surface area contributed by atoms with Crippen molar-refractivity contribution in [3.05, 3.63) is 58.6 Å². The number of sulfonamides is 1. The minimum atomic E-state index is -3.82. The molecule has 0 spiro atoms. The van der Waals surface area contributed by atoms with Crippen LogP contribution in [0.2, 0.25) is 5.02 Å². The number of nitrogens with one attached hydrogen (secondary N) is 1. The predicted molar refractivity (Wildman–Crippen MR) is 94.7 cm³/mol. The van der Waals surface area contributed by atoms with Crippen molar-refractivity contribution < 1.29 is 22.7 Å². The van der Waals surface area contributed by atoms with Gasteiger partial charge in [-0.3, -0.25) is 0 Å². The number of hydrogen-bond acceptors (Lipinski definition) is 5. The third-order valence-corrected chi connectivity index (χ3v) is 5.33. The second kappa shape index (κ2) is 8.33. The predicted octanol–water partition coefficient (Wildman–Crippen LogP) is 2.79. The normalized spacial score (nSPS) is 11.2. The Morgan fingerprint density at radius 3 is 2.56 bits per heavy atom. The number of esters is 1. The summed E-state index contributed by atoms with van der Waals surface area (Å²) >= 11 is 5.99. The minimum absolute atomic E-state index is 0.0600. The van der Waals surface area contributed by atoms with Gasteiger partial charge in [-0.05, 0) is 36.8 Å². The van der Waals surface area contributed by atoms with Crippen LogP contribution >= 0.6 is 11.6 Å². The van der Waals surface area contributed by atoms with Crippen LogP contribution in [-0.4, -0.2) is 34.6 Å². The highest BCUT2D eigenvalue weighted by Gasteiger charge is 2.19. The summed E-state index contributed by atoms with van der Waals surface area (Å²) in [6.45, 7) is 2.15. The number of halogens is 1. The molecule has 0 aliphatic rings. The second-order valence-corrected chi connectivity index (χ2v) is 7.29. The van der Waals surface area contributed by atoms with Crippen LogP contribution in [0.25, 0.3) is 0 Å². The molecular formula is C17H18ClNO5S. The van der Waals surface area contributed by atoms with Crippen molar-refractivity contribution in [2.24, 2.45) is 0 Å². The fourth-order valence-electron chi connectivity index (χ4n) is 2.10. The van der Waals surface area contributed by atoms with Crippen LogP contribution in [0, 0.1) is 6.92 Å². The zero-order chi connectivity index (χ0) is 18.4. The lowest BCUT2D eigenvalue weighted by Gasteiger charge is -2.11. The standard InChI is InChI=1S/C17H18ClNO5S/c1-12-5-3-4-6-15(12)24-10-9-19-25(21,22)16-8-7-13(11-14(16)18)17(20)23-2/h3-8,11,19H,9-10H2,1-2H3. The van der Waals surface area contributed by atoms with Crippen LogP contribution in [0.1, 0.15) is 15.9 Å². The molecule has 0 saturated heterocycles. The summed E-state index contributed by atoms with van der Waals surface area (Å²) in [5.74, 6) is 0.104. The zero-order valence-corrected chi connectivity index (χ0v) is 15.4. The molecule has 0 aliphatic carbocycles. The lowest BCUT2D eigenvalue weighted by atomic mass is 10.2. The number of carbonyl (C=O) groups excluding carboxylic acids is 1. The summed E-state index contributed by atoms with van der Waals surface area (Å²) in [5.41, 5.74) is 1.14. The average molecular weight is 384 g/mol. The summed E-state index contributed by atoms with van der Waals surface area (Å²) in [6.07, 6.45) is 0. The lowest BCUT2D eigenvalue weighted by molar-refractivity contribution is 0.0600. The van der Waals surface area contributed by atoms with Crippen molar-refractivity contribution >= 4 is 27.6 Å². The van der Waals surface area contributed by atoms with Crippen LogP contribution in [0.4, 0.5) is 0 Å². The number of methoxy groups -OCH3 is 1. The molecule has 2 aromatic carbocycles. The molecule has 25 heavy (non-hydrogen) atoms. The zero-order valence-electron chi connectivity index (χ0n) is 13.8. The molecule has 2 rings (SSSR count). The SMILES string of the molecule is COC(=O)c1ccc(S(=O)(=O)NCCOc2ccccc2C)c(Cl)c1. The van der Waals surface area contributed by atoms with Gasteiger partial charge in [0.05, 0.1) is 17.7 Å². The molecule has 134 valence electrons. The molecule has 0 saturated carbocycles. The highest BCUT2D eigenvalue weighted by molar-refractivity contribution is 7.89. The largest absolute Gasteiger partial charge is 0.492 e. The summed E-state index contributed by atoms with van der Waals surface area (Å²) in [4.78, 5) is 11.3. The van der Waals surface area contributed by atoms with E-state index in [0.717, 1.165) is 5.56 Å². The Bertz CT molecular complexity index is 867. The molecule has 2 aromatic rings. The Kier molecular flexibility index (Phi) is 6.41. The highest BCUT2D eigenvalue weighted by Crippen LogP contribution is 2.23. The van der Waals surface area contributed by atoms with Gasteiger partial charge in [0.25, 0.3) is 0 Å². The van der Waals surface area contributed by atoms with E-state index in [1.54, 1.807) is 0 Å². The maximum atomic E-state index is 12.3. The highest BCUT2D eigenvalue weighted by atomic mass is 35.5. The van der Waals surface area contributed by atoms with Crippen LogP contribution < -0.4 is 9.46 Å². The molecule has 0 unspecified atom stereocenters. The van der Waals surface area contributed by atoms with Gasteiger partial charge in [-0.1, -0.05) is 29.8 Å². The number of benzene rings is 2. The Hall–Kier alpha value is -2.09. The Morgan fingerprint density at radius 2 is 1.92 bits per heavy atom. The number of rotatable bonds is 7. The Morgan fingerprint density at radius 1 is 1.20 bits per heavy atom. The van der Waals surface area contributed by atoms with Crippen LogP contribution in [-0.2, 0) is 14.8 Å². The van der Waals surface area contributed by atoms with Gasteiger partial charge < -0.3 is 9.47 Å². The van der Waals surface area contributed by atoms with Crippen molar-refractivity contribution in [1.82, 2.24) is 4.72 Å². The van der Waals surface area contributed by atoms with Crippen LogP contribution in [0.5, 0.6) is 5.75 Å². The monoisotopic (exact) mass is 383 g/mol. The smallest absolute Gasteiger partial charge is 0.337 e. The molecule has 0 aliphatic heterocycles. The van der Waals surface area contributed by atoms with E-state index in [1.807, 2.05) is 31.2 Å². The Labute approximate surface area is 151 Å². The molecule has 1 N–H and O–H groups in total. The quantitative estimate of drug-likeness (QED) is 0.587. The number of hydrogen-bond donors (Lipinski definition) is 1. The van der Waals surface area contributed by atoms with E-state index in [4.69, 9.17) is 16.3 Å². The first-order valence-electron chi connectivity index (χ1n) is 7.41. The first-order valence-corrected chi connectivity index (χ1v) is 9.27. The van der Waals surface area contributed by atoms with Gasteiger partial charge in [-0.15, -0.1) is 0 Å². The number of ether oxygens (including phenoxy) is 2. The molecule has 8 heteroatoms. The minimum Gasteiger partial charge on any atom is -0.492 e. The van der Waals surface area contributed by atoms with Gasteiger partial charge >= 0.3 is 5.97 Å². The summed E-state index contributed by atoms with van der Waals surface area (Å²) < 4.78 is 37.2. The van der Waals surface area contributed by atoms with E-state index in [0.29, 0.717) is 5.75 Å². The average Bonchev–Trinajstić information content (AvgIpc) is 2.59. The molecule has 0 heterocycles. The number of aryl methyl sites for hydroxylation is 1. The van der Waals surface area contributed by atoms with Crippen molar-refractivity contribution in [3.63, 3.8) is 0 Å². The van der Waals surface area contributed by atoms with Crippen molar-refractivity contribution in [2.75, 3.05) is 20.3 Å². The van der Waals surface area contributed by atoms with Crippen LogP contribution in [0.3, 0.4) is 0 Å². The molecule has 0 bridgehead atoms. The lowest BCUT2D eigenvalue weighted by Crippen LogP contribution is -2.28. The third kappa shape index (κ3) is 4.94. The maximum absolute atomic E-state index is 12.3. The van der Waals surface area contributed by atoms with Gasteiger partial charge in [0.15, 0.2) is 0 Å². The van der Waals surface area contributed by atoms with E-state index in [9.17, 15) is 13.2 Å². The molecule has 0 atom stereocenters. The molecular weight excluding hydrogens is 366 g/mol. The number of para-hydroxylation sites is 1. The first kappa shape index (κ1) is 19.2. The van der Waals surface area contributed by atoms with E-state index in [1.165, 1.54) is 25.3 Å². The van der Waals surface area contributed by atoms with Gasteiger partial charge in [-0.25, -0.2) is 17.9 Å². The fraction of sp³-hybridized carbons (Fsp3) is 0.235. The van der Waals surface area contributed by atoms with Gasteiger partial charge in [-0.2, -0.15) is 0 Å². The fourth-order valence-corrected chi connectivity index (χ4v) is 3.65. The summed E-state index contributed by atoms with van der Waals surface area (Å²) in [5, 5.41) is -0.0600. The third-order valence-electron chi connectivity index (χ3n) is 3.39. The molecule has 0 amide bonds. The molecule has 0 radical (unpaired) electrons. The van der Waals surface area contributed by atoms with E-state index >= 15 is 0 Å². The van der Waals surface area contributed by atoms with Crippen molar-refractivity contribution in [2.45, 2.75) is 11.8 Å². The van der Waals surface area contributed by atoms with Gasteiger partial charge in [0.1, 0.15) is 17.3 Å². The second-order valence-electron chi connectivity index (χ2n) is 5.15. The van der Waals surface area contributed by atoms with E-state index < -0.39 is 16.0 Å². The van der Waals surface area contributed by atoms with Gasteiger partial charge in [0.2, 0.25) is 10.0 Å². The molecule has 0 fully saturated rings. The topological polar surface area (TPSA) is 81.7 Å². The Balaban J connectivity index is 1.99. The van der Waals surface area contributed by atoms with E-state index in [-0.39, 0.29) is 28.6 Å². The summed E-state index contributed by atoms with van der Waals surface area (Å²) in [6, 6.07) is 11.3. The van der Waals surface area contributed by atoms with E-state index in [2.05, 4.69) is 9.46 Å².